The summed E-state index contributed by atoms with van der Waals surface area (Å²) in [5.74, 6) is 0.244. The lowest BCUT2D eigenvalue weighted by Crippen LogP contribution is -2.47. The molecule has 3 N–H and O–H groups in total. The first-order valence-corrected chi connectivity index (χ1v) is 10.8. The number of azo groups is 1. The zero-order valence-corrected chi connectivity index (χ0v) is 18.4. The van der Waals surface area contributed by atoms with Gasteiger partial charge in [0.2, 0.25) is 0 Å². The second-order valence-electron chi connectivity index (χ2n) is 7.69. The summed E-state index contributed by atoms with van der Waals surface area (Å²) in [5, 5.41) is 39.2. The average molecular weight is 499 g/mol. The third kappa shape index (κ3) is 3.61. The van der Waals surface area contributed by atoms with Crippen molar-refractivity contribution in [2.75, 3.05) is 26.2 Å². The highest BCUT2D eigenvalue weighted by Crippen LogP contribution is 2.42. The number of rotatable bonds is 3. The van der Waals surface area contributed by atoms with Crippen molar-refractivity contribution >= 4 is 50.5 Å². The zero-order valence-electron chi connectivity index (χ0n) is 16.8. The summed E-state index contributed by atoms with van der Waals surface area (Å²) in [4.78, 5) is 14.5. The van der Waals surface area contributed by atoms with Gasteiger partial charge in [0, 0.05) is 48.8 Å². The molecule has 32 heavy (non-hydrogen) atoms. The Morgan fingerprint density at radius 1 is 1.12 bits per heavy atom. The van der Waals surface area contributed by atoms with E-state index >= 15 is 0 Å². The summed E-state index contributed by atoms with van der Waals surface area (Å²) < 4.78 is 6.88. The molecule has 1 aromatic heterocycles. The number of furan rings is 1. The number of halogens is 1. The molecule has 10 heteroatoms. The quantitative estimate of drug-likeness (QED) is 0.467. The minimum absolute atomic E-state index is 0.0388. The van der Waals surface area contributed by atoms with E-state index < -0.39 is 6.09 Å². The van der Waals surface area contributed by atoms with Crippen LogP contribution in [-0.4, -0.2) is 57.4 Å². The Bertz CT molecular complexity index is 1290. The normalized spacial score (nSPS) is 17.4. The Hall–Kier alpha value is -3.37. The number of carbonyl (C=O) groups is 1. The molecule has 9 nitrogen and oxygen atoms in total. The molecule has 1 amide bonds. The third-order valence-electron chi connectivity index (χ3n) is 5.73. The van der Waals surface area contributed by atoms with Crippen LogP contribution in [0.25, 0.3) is 22.7 Å². The molecule has 2 aliphatic heterocycles. The fraction of sp³-hybridized carbons (Fsp3) is 0.227. The molecule has 0 unspecified atom stereocenters. The van der Waals surface area contributed by atoms with Crippen LogP contribution in [-0.2, 0) is 6.54 Å². The van der Waals surface area contributed by atoms with E-state index in [0.717, 1.165) is 15.7 Å². The first kappa shape index (κ1) is 20.5. The summed E-state index contributed by atoms with van der Waals surface area (Å²) in [7, 11) is 0. The second-order valence-corrected chi connectivity index (χ2v) is 8.61. The van der Waals surface area contributed by atoms with Gasteiger partial charge in [-0.1, -0.05) is 15.9 Å². The molecule has 0 bridgehead atoms. The minimum atomic E-state index is -0.930. The number of hydrogen-bond donors (Lipinski definition) is 3. The van der Waals surface area contributed by atoms with Gasteiger partial charge in [0.1, 0.15) is 11.3 Å². The smallest absolute Gasteiger partial charge is 0.407 e. The Kier molecular flexibility index (Phi) is 5.10. The van der Waals surface area contributed by atoms with Crippen molar-refractivity contribution in [1.29, 1.82) is 0 Å². The number of benzene rings is 2. The van der Waals surface area contributed by atoms with Gasteiger partial charge in [-0.15, -0.1) is 10.2 Å². The summed E-state index contributed by atoms with van der Waals surface area (Å²) >= 11 is 3.45. The Morgan fingerprint density at radius 3 is 2.66 bits per heavy atom. The minimum Gasteiger partial charge on any atom is -0.507 e. The largest absolute Gasteiger partial charge is 0.507 e. The summed E-state index contributed by atoms with van der Waals surface area (Å²) in [5.41, 5.74) is 3.04. The van der Waals surface area contributed by atoms with Crippen LogP contribution < -0.4 is 0 Å². The van der Waals surface area contributed by atoms with Crippen LogP contribution in [0, 0.1) is 0 Å². The van der Waals surface area contributed by atoms with E-state index in [0.29, 0.717) is 55.0 Å². The molecule has 1 fully saturated rings. The first-order valence-electron chi connectivity index (χ1n) is 10.0. The van der Waals surface area contributed by atoms with E-state index in [1.807, 2.05) is 23.1 Å². The van der Waals surface area contributed by atoms with E-state index in [2.05, 4.69) is 26.2 Å². The van der Waals surface area contributed by atoms with Crippen LogP contribution in [0.5, 0.6) is 11.5 Å². The van der Waals surface area contributed by atoms with Crippen LogP contribution in [0.2, 0.25) is 0 Å². The number of fused-ring (bicyclic) bond motifs is 2. The van der Waals surface area contributed by atoms with Crippen molar-refractivity contribution in [3.63, 3.8) is 0 Å². The fourth-order valence-corrected chi connectivity index (χ4v) is 4.34. The number of aromatic hydroxyl groups is 2. The Morgan fingerprint density at radius 2 is 1.91 bits per heavy atom. The summed E-state index contributed by atoms with van der Waals surface area (Å²) in [6, 6.07) is 8.76. The van der Waals surface area contributed by atoms with Gasteiger partial charge in [0.25, 0.3) is 0 Å². The molecule has 0 spiro atoms. The van der Waals surface area contributed by atoms with Gasteiger partial charge < -0.3 is 24.6 Å². The van der Waals surface area contributed by atoms with Gasteiger partial charge >= 0.3 is 6.09 Å². The molecule has 164 valence electrons. The molecule has 0 radical (unpaired) electrons. The van der Waals surface area contributed by atoms with Crippen molar-refractivity contribution in [2.45, 2.75) is 6.54 Å². The van der Waals surface area contributed by atoms with E-state index in [4.69, 9.17) is 9.52 Å². The van der Waals surface area contributed by atoms with E-state index in [-0.39, 0.29) is 17.3 Å². The highest BCUT2D eigenvalue weighted by molar-refractivity contribution is 9.10. The lowest BCUT2D eigenvalue weighted by Gasteiger charge is -2.33. The molecular weight excluding hydrogens is 480 g/mol. The Labute approximate surface area is 191 Å². The topological polar surface area (TPSA) is 122 Å². The van der Waals surface area contributed by atoms with Crippen LogP contribution in [0.15, 0.2) is 49.5 Å². The molecule has 2 aliphatic rings. The zero-order chi connectivity index (χ0) is 22.4. The molecule has 0 atom stereocenters. The van der Waals surface area contributed by atoms with Crippen LogP contribution in [0.3, 0.4) is 0 Å². The van der Waals surface area contributed by atoms with E-state index in [1.165, 1.54) is 11.0 Å². The second kappa shape index (κ2) is 7.95. The molecule has 0 saturated carbocycles. The van der Waals surface area contributed by atoms with Gasteiger partial charge in [0.15, 0.2) is 11.5 Å². The molecule has 1 saturated heterocycles. The number of piperazine rings is 1. The molecular formula is C22H19BrN4O5. The molecule has 5 rings (SSSR count). The number of carboxylic acid groups (broad SMARTS) is 1. The van der Waals surface area contributed by atoms with E-state index in [9.17, 15) is 15.0 Å². The number of phenolic OH excluding ortho intramolecular Hbond substituents is 1. The lowest BCUT2D eigenvalue weighted by molar-refractivity contribution is 0.102. The van der Waals surface area contributed by atoms with Crippen molar-refractivity contribution in [3.8, 4) is 11.5 Å². The van der Waals surface area contributed by atoms with Gasteiger partial charge in [-0.05, 0) is 30.3 Å². The predicted octanol–water partition coefficient (Wildman–Crippen LogP) is 5.00. The highest BCUT2D eigenvalue weighted by atomic mass is 79.9. The fourth-order valence-electron chi connectivity index (χ4n) is 3.98. The molecule has 3 aromatic rings. The van der Waals surface area contributed by atoms with Crippen molar-refractivity contribution in [2.24, 2.45) is 10.2 Å². The number of amides is 1. The molecule has 3 heterocycles. The lowest BCUT2D eigenvalue weighted by atomic mass is 10.1. The van der Waals surface area contributed by atoms with Gasteiger partial charge in [-0.3, -0.25) is 4.90 Å². The maximum atomic E-state index is 11.1. The first-order chi connectivity index (χ1) is 15.4. The maximum absolute atomic E-state index is 11.1. The van der Waals surface area contributed by atoms with Gasteiger partial charge in [0.05, 0.1) is 22.3 Å². The van der Waals surface area contributed by atoms with Crippen LogP contribution >= 0.6 is 15.9 Å². The standard InChI is InChI=1S/C22H19BrN4O5/c23-12-1-3-16-14(9-12)17(25-24-16)10-19-20(29)13-2-4-18(28)15(21(13)32-19)11-26-5-7-27(8-6-26)22(30)31/h1-4,9-10,28-29H,5-8,11H2,(H,30,31). The molecule has 2 aromatic carbocycles. The SMILES string of the molecule is O=C(O)N1CCN(Cc2c(O)ccc3c(O)c(C=C4N=Nc5ccc(Br)cc54)oc23)CC1. The van der Waals surface area contributed by atoms with Gasteiger partial charge in [-0.25, -0.2) is 4.79 Å². The number of hydrogen-bond acceptors (Lipinski definition) is 7. The maximum Gasteiger partial charge on any atom is 0.407 e. The number of phenols is 1. The molecule has 0 aliphatic carbocycles. The van der Waals surface area contributed by atoms with Crippen LogP contribution in [0.1, 0.15) is 16.9 Å². The number of nitrogens with zero attached hydrogens (tertiary/aromatic N) is 4. The third-order valence-corrected chi connectivity index (χ3v) is 6.22. The van der Waals surface area contributed by atoms with Crippen molar-refractivity contribution < 1.29 is 24.5 Å². The predicted molar refractivity (Wildman–Crippen MR) is 121 cm³/mol. The Balaban J connectivity index is 1.48. The van der Waals surface area contributed by atoms with Crippen LogP contribution in [0.4, 0.5) is 10.5 Å². The monoisotopic (exact) mass is 498 g/mol. The summed E-state index contributed by atoms with van der Waals surface area (Å²) in [6.45, 7) is 2.24. The average Bonchev–Trinajstić information content (AvgIpc) is 3.31. The van der Waals surface area contributed by atoms with Crippen molar-refractivity contribution in [1.82, 2.24) is 9.80 Å². The van der Waals surface area contributed by atoms with E-state index in [1.54, 1.807) is 12.1 Å². The van der Waals surface area contributed by atoms with Gasteiger partial charge in [-0.2, -0.15) is 0 Å². The van der Waals surface area contributed by atoms with Crippen molar-refractivity contribution in [3.05, 3.63) is 51.7 Å². The highest BCUT2D eigenvalue weighted by Gasteiger charge is 2.25. The summed E-state index contributed by atoms with van der Waals surface area (Å²) in [6.07, 6.45) is 0.699.